The first-order valence-electron chi connectivity index (χ1n) is 6.59. The highest BCUT2D eigenvalue weighted by Crippen LogP contribution is 2.37. The summed E-state index contributed by atoms with van der Waals surface area (Å²) in [6, 6.07) is 16.5. The van der Waals surface area contributed by atoms with Crippen LogP contribution in [-0.2, 0) is 11.2 Å². The fourth-order valence-corrected chi connectivity index (χ4v) is 2.85. The first-order chi connectivity index (χ1) is 9.16. The van der Waals surface area contributed by atoms with Gasteiger partial charge in [-0.15, -0.1) is 0 Å². The maximum absolute atomic E-state index is 12.4. The van der Waals surface area contributed by atoms with E-state index in [0.717, 1.165) is 17.7 Å². The normalized spacial score (nSPS) is 17.7. The lowest BCUT2D eigenvalue weighted by atomic mass is 9.93. The van der Waals surface area contributed by atoms with E-state index >= 15 is 0 Å². The van der Waals surface area contributed by atoms with Crippen LogP contribution in [0.3, 0.4) is 0 Å². The Morgan fingerprint density at radius 1 is 1.11 bits per heavy atom. The number of hydrogen-bond donors (Lipinski definition) is 0. The van der Waals surface area contributed by atoms with Gasteiger partial charge in [0, 0.05) is 12.7 Å². The Hall–Kier alpha value is -2.09. The molecule has 1 aliphatic rings. The Bertz CT molecular complexity index is 633. The monoisotopic (exact) mass is 251 g/mol. The summed E-state index contributed by atoms with van der Waals surface area (Å²) in [5.41, 5.74) is 4.66. The number of anilines is 1. The van der Waals surface area contributed by atoms with Gasteiger partial charge in [0.25, 0.3) is 0 Å². The molecule has 3 rings (SSSR count). The predicted molar refractivity (Wildman–Crippen MR) is 77.5 cm³/mol. The van der Waals surface area contributed by atoms with Crippen LogP contribution in [0, 0.1) is 6.92 Å². The number of rotatable bonds is 2. The molecule has 1 heterocycles. The molecule has 19 heavy (non-hydrogen) atoms. The Morgan fingerprint density at radius 2 is 1.89 bits per heavy atom. The summed E-state index contributed by atoms with van der Waals surface area (Å²) in [5.74, 6) is 0.158. The van der Waals surface area contributed by atoms with E-state index in [-0.39, 0.29) is 11.8 Å². The molecule has 2 nitrogen and oxygen atoms in total. The molecular weight excluding hydrogens is 234 g/mol. The van der Waals surface area contributed by atoms with Crippen LogP contribution in [-0.4, -0.2) is 13.0 Å². The van der Waals surface area contributed by atoms with Gasteiger partial charge < -0.3 is 4.90 Å². The third kappa shape index (κ3) is 2.03. The van der Waals surface area contributed by atoms with E-state index < -0.39 is 0 Å². The van der Waals surface area contributed by atoms with E-state index in [0.29, 0.717) is 0 Å². The number of para-hydroxylation sites is 1. The Labute approximate surface area is 113 Å². The average Bonchev–Trinajstić information content (AvgIpc) is 2.65. The lowest BCUT2D eigenvalue weighted by Gasteiger charge is -2.11. The fraction of sp³-hybridized carbons (Fsp3) is 0.235. The maximum atomic E-state index is 12.4. The number of likely N-dealkylation sites (N-methyl/N-ethyl adjacent to an activating group) is 1. The lowest BCUT2D eigenvalue weighted by molar-refractivity contribution is -0.119. The van der Waals surface area contributed by atoms with Crippen molar-refractivity contribution >= 4 is 11.6 Å². The topological polar surface area (TPSA) is 20.3 Å². The third-order valence-corrected chi connectivity index (χ3v) is 3.82. The molecule has 0 saturated heterocycles. The quantitative estimate of drug-likeness (QED) is 0.802. The van der Waals surface area contributed by atoms with Gasteiger partial charge in [0.1, 0.15) is 0 Å². The summed E-state index contributed by atoms with van der Waals surface area (Å²) < 4.78 is 0. The average molecular weight is 251 g/mol. The smallest absolute Gasteiger partial charge is 0.234 e. The first-order valence-corrected chi connectivity index (χ1v) is 6.59. The van der Waals surface area contributed by atoms with Gasteiger partial charge in [-0.05, 0) is 30.5 Å². The van der Waals surface area contributed by atoms with Crippen LogP contribution in [0.1, 0.15) is 22.6 Å². The molecule has 0 radical (unpaired) electrons. The third-order valence-electron chi connectivity index (χ3n) is 3.82. The molecule has 2 heteroatoms. The minimum atomic E-state index is -0.0389. The minimum Gasteiger partial charge on any atom is -0.315 e. The van der Waals surface area contributed by atoms with Gasteiger partial charge in [0.15, 0.2) is 0 Å². The molecule has 1 atom stereocenters. The summed E-state index contributed by atoms with van der Waals surface area (Å²) in [6.07, 6.45) is 0.780. The summed E-state index contributed by atoms with van der Waals surface area (Å²) in [6.45, 7) is 2.08. The van der Waals surface area contributed by atoms with Crippen LogP contribution in [0.4, 0.5) is 5.69 Å². The zero-order chi connectivity index (χ0) is 13.4. The number of fused-ring (bicyclic) bond motifs is 1. The number of amides is 1. The molecule has 0 aromatic heterocycles. The van der Waals surface area contributed by atoms with Crippen molar-refractivity contribution in [1.29, 1.82) is 0 Å². The maximum Gasteiger partial charge on any atom is 0.234 e. The molecule has 2 aromatic carbocycles. The van der Waals surface area contributed by atoms with Crippen LogP contribution < -0.4 is 4.90 Å². The second-order valence-electron chi connectivity index (χ2n) is 5.20. The molecule has 1 aliphatic heterocycles. The van der Waals surface area contributed by atoms with Gasteiger partial charge >= 0.3 is 0 Å². The SMILES string of the molecule is Cc1cccc(C[C@@H]2C(=O)N(C)c3ccccc32)c1. The Balaban J connectivity index is 1.95. The van der Waals surface area contributed by atoms with Crippen molar-refractivity contribution in [2.75, 3.05) is 11.9 Å². The highest BCUT2D eigenvalue weighted by molar-refractivity contribution is 6.04. The molecule has 0 bridgehead atoms. The van der Waals surface area contributed by atoms with Crippen molar-refractivity contribution in [1.82, 2.24) is 0 Å². The lowest BCUT2D eigenvalue weighted by Crippen LogP contribution is -2.24. The second kappa shape index (κ2) is 4.54. The summed E-state index contributed by atoms with van der Waals surface area (Å²) in [7, 11) is 1.86. The highest BCUT2D eigenvalue weighted by Gasteiger charge is 2.34. The van der Waals surface area contributed by atoms with Gasteiger partial charge in [0.2, 0.25) is 5.91 Å². The Morgan fingerprint density at radius 3 is 2.68 bits per heavy atom. The number of aryl methyl sites for hydroxylation is 1. The fourth-order valence-electron chi connectivity index (χ4n) is 2.85. The predicted octanol–water partition coefficient (Wildman–Crippen LogP) is 3.30. The molecule has 2 aromatic rings. The molecule has 0 unspecified atom stereocenters. The Kier molecular flexibility index (Phi) is 2.86. The van der Waals surface area contributed by atoms with E-state index in [1.807, 2.05) is 25.2 Å². The van der Waals surface area contributed by atoms with Crippen LogP contribution in [0.25, 0.3) is 0 Å². The van der Waals surface area contributed by atoms with Gasteiger partial charge in [0.05, 0.1) is 5.92 Å². The van der Waals surface area contributed by atoms with E-state index in [2.05, 4.69) is 37.3 Å². The van der Waals surface area contributed by atoms with Crippen LogP contribution in [0.15, 0.2) is 48.5 Å². The van der Waals surface area contributed by atoms with Crippen molar-refractivity contribution in [3.63, 3.8) is 0 Å². The van der Waals surface area contributed by atoms with Crippen LogP contribution in [0.5, 0.6) is 0 Å². The van der Waals surface area contributed by atoms with E-state index in [9.17, 15) is 4.79 Å². The standard InChI is InChI=1S/C17H17NO/c1-12-6-5-7-13(10-12)11-15-14-8-3-4-9-16(14)18(2)17(15)19/h3-10,15H,11H2,1-2H3/t15-/m0/s1. The van der Waals surface area contributed by atoms with Crippen molar-refractivity contribution in [3.05, 3.63) is 65.2 Å². The van der Waals surface area contributed by atoms with E-state index in [1.54, 1.807) is 4.90 Å². The minimum absolute atomic E-state index is 0.0389. The number of carbonyl (C=O) groups is 1. The zero-order valence-corrected chi connectivity index (χ0v) is 11.3. The molecule has 0 saturated carbocycles. The van der Waals surface area contributed by atoms with Crippen molar-refractivity contribution in [3.8, 4) is 0 Å². The summed E-state index contributed by atoms with van der Waals surface area (Å²) in [5, 5.41) is 0. The largest absolute Gasteiger partial charge is 0.315 e. The van der Waals surface area contributed by atoms with E-state index in [4.69, 9.17) is 0 Å². The van der Waals surface area contributed by atoms with Crippen molar-refractivity contribution in [2.45, 2.75) is 19.3 Å². The number of hydrogen-bond acceptors (Lipinski definition) is 1. The molecule has 96 valence electrons. The molecule has 0 spiro atoms. The summed E-state index contributed by atoms with van der Waals surface area (Å²) in [4.78, 5) is 14.2. The first kappa shape index (κ1) is 12.0. The van der Waals surface area contributed by atoms with Crippen molar-refractivity contribution in [2.24, 2.45) is 0 Å². The number of nitrogens with zero attached hydrogens (tertiary/aromatic N) is 1. The van der Waals surface area contributed by atoms with Crippen LogP contribution >= 0.6 is 0 Å². The highest BCUT2D eigenvalue weighted by atomic mass is 16.2. The van der Waals surface area contributed by atoms with Crippen LogP contribution in [0.2, 0.25) is 0 Å². The van der Waals surface area contributed by atoms with Gasteiger partial charge in [-0.25, -0.2) is 0 Å². The molecule has 0 N–H and O–H groups in total. The number of carbonyl (C=O) groups excluding carboxylic acids is 1. The number of benzene rings is 2. The van der Waals surface area contributed by atoms with E-state index in [1.165, 1.54) is 11.1 Å². The second-order valence-corrected chi connectivity index (χ2v) is 5.20. The van der Waals surface area contributed by atoms with Gasteiger partial charge in [-0.2, -0.15) is 0 Å². The molecular formula is C17H17NO. The van der Waals surface area contributed by atoms with Crippen molar-refractivity contribution < 1.29 is 4.79 Å². The molecule has 0 aliphatic carbocycles. The molecule has 0 fully saturated rings. The van der Waals surface area contributed by atoms with Gasteiger partial charge in [-0.3, -0.25) is 4.79 Å². The zero-order valence-electron chi connectivity index (χ0n) is 11.3. The molecule has 1 amide bonds. The van der Waals surface area contributed by atoms with Gasteiger partial charge in [-0.1, -0.05) is 48.0 Å². The summed E-state index contributed by atoms with van der Waals surface area (Å²) >= 11 is 0.